The van der Waals surface area contributed by atoms with Gasteiger partial charge in [0.15, 0.2) is 0 Å². The van der Waals surface area contributed by atoms with Crippen LogP contribution >= 0.6 is 0 Å². The Hall–Kier alpha value is -4.41. The molecule has 0 radical (unpaired) electrons. The molecule has 10 heteroatoms. The summed E-state index contributed by atoms with van der Waals surface area (Å²) in [4.78, 5) is 29.2. The Balaban J connectivity index is 1.37. The highest BCUT2D eigenvalue weighted by Gasteiger charge is 2.19. The van der Waals surface area contributed by atoms with Gasteiger partial charge >= 0.3 is 0 Å². The number of fused-ring (bicyclic) bond motifs is 1. The number of pyridine rings is 1. The number of hydrogen-bond acceptors (Lipinski definition) is 8. The van der Waals surface area contributed by atoms with Gasteiger partial charge in [-0.1, -0.05) is 24.8 Å². The third kappa shape index (κ3) is 5.61. The van der Waals surface area contributed by atoms with Crippen molar-refractivity contribution in [2.45, 2.75) is 0 Å². The summed E-state index contributed by atoms with van der Waals surface area (Å²) in [7, 11) is 0. The van der Waals surface area contributed by atoms with Gasteiger partial charge in [0.25, 0.3) is 0 Å². The number of hydrogen-bond donors (Lipinski definition) is 3. The minimum Gasteiger partial charge on any atom is -0.395 e. The van der Waals surface area contributed by atoms with E-state index in [2.05, 4.69) is 32.1 Å². The van der Waals surface area contributed by atoms with E-state index in [9.17, 15) is 4.79 Å². The van der Waals surface area contributed by atoms with Crippen LogP contribution in [0.5, 0.6) is 0 Å². The first-order valence-corrected chi connectivity index (χ1v) is 12.3. The summed E-state index contributed by atoms with van der Waals surface area (Å²) in [6.07, 6.45) is 4.52. The molecular weight excluding hydrogens is 485 g/mol. The number of carbonyl (C=O) groups is 1. The number of halogens is 1. The molecule has 1 aliphatic heterocycles. The number of anilines is 4. The first-order chi connectivity index (χ1) is 18.5. The van der Waals surface area contributed by atoms with Crippen LogP contribution in [0.3, 0.4) is 0 Å². The zero-order valence-electron chi connectivity index (χ0n) is 20.8. The lowest BCUT2D eigenvalue weighted by molar-refractivity contribution is -0.111. The topological polar surface area (TPSA) is 107 Å². The summed E-state index contributed by atoms with van der Waals surface area (Å²) in [5, 5.41) is 15.7. The second kappa shape index (κ2) is 11.3. The predicted octanol–water partition coefficient (Wildman–Crippen LogP) is 3.81. The fraction of sp³-hybridized carbons (Fsp3) is 0.214. The molecule has 1 fully saturated rings. The van der Waals surface area contributed by atoms with E-state index in [1.807, 2.05) is 35.2 Å². The maximum atomic E-state index is 15.1. The molecule has 0 aliphatic carbocycles. The van der Waals surface area contributed by atoms with E-state index in [4.69, 9.17) is 10.1 Å². The summed E-state index contributed by atoms with van der Waals surface area (Å²) in [5.74, 6) is 0.0766. The normalized spacial score (nSPS) is 13.9. The van der Waals surface area contributed by atoms with Gasteiger partial charge in [-0.25, -0.2) is 19.3 Å². The minimum atomic E-state index is -0.344. The number of amides is 1. The van der Waals surface area contributed by atoms with Crippen LogP contribution in [0.4, 0.5) is 27.5 Å². The van der Waals surface area contributed by atoms with Gasteiger partial charge in [0.2, 0.25) is 11.9 Å². The molecule has 0 saturated carbocycles. The highest BCUT2D eigenvalue weighted by atomic mass is 19.1. The number of aliphatic hydroxyl groups excluding tert-OH is 1. The van der Waals surface area contributed by atoms with Crippen molar-refractivity contribution in [1.82, 2.24) is 19.9 Å². The van der Waals surface area contributed by atoms with Crippen LogP contribution in [0.15, 0.2) is 73.6 Å². The average Bonchev–Trinajstić information content (AvgIpc) is 2.93. The van der Waals surface area contributed by atoms with Gasteiger partial charge in [-0.05, 0) is 42.0 Å². The van der Waals surface area contributed by atoms with E-state index in [0.29, 0.717) is 48.3 Å². The maximum absolute atomic E-state index is 15.1. The third-order valence-electron chi connectivity index (χ3n) is 6.45. The Bertz CT molecular complexity index is 1470. The Labute approximate surface area is 219 Å². The fourth-order valence-corrected chi connectivity index (χ4v) is 4.52. The molecule has 1 saturated heterocycles. The van der Waals surface area contributed by atoms with Gasteiger partial charge in [0.1, 0.15) is 11.6 Å². The molecule has 9 nitrogen and oxygen atoms in total. The molecule has 0 atom stereocenters. The summed E-state index contributed by atoms with van der Waals surface area (Å²) < 4.78 is 15.1. The molecule has 2 aromatic carbocycles. The van der Waals surface area contributed by atoms with Gasteiger partial charge in [0.05, 0.1) is 17.8 Å². The number of aliphatic hydroxyl groups is 1. The van der Waals surface area contributed by atoms with Gasteiger partial charge in [-0.15, -0.1) is 0 Å². The molecule has 2 aromatic heterocycles. The van der Waals surface area contributed by atoms with E-state index in [-0.39, 0.29) is 18.3 Å². The second-order valence-corrected chi connectivity index (χ2v) is 8.90. The van der Waals surface area contributed by atoms with Gasteiger partial charge in [-0.3, -0.25) is 9.69 Å². The zero-order valence-corrected chi connectivity index (χ0v) is 20.8. The van der Waals surface area contributed by atoms with E-state index in [1.165, 1.54) is 12.1 Å². The van der Waals surface area contributed by atoms with E-state index < -0.39 is 0 Å². The first-order valence-electron chi connectivity index (χ1n) is 12.3. The van der Waals surface area contributed by atoms with Crippen LogP contribution in [-0.4, -0.2) is 70.2 Å². The standard InChI is InChI=1S/C28H28FN7O2/c1-2-26(38)33-25-16-19(8-9-30-25)22-5-3-4-20-18-31-28(34-27(20)22)32-21-6-7-24(23(29)17-21)36-12-10-35(11-13-36)14-15-37/h2-9,16-18,37H,1,10-15H2,(H,30,33,38)(H,31,32,34). The molecule has 4 aromatic rings. The van der Waals surface area contributed by atoms with Crippen molar-refractivity contribution in [3.05, 3.63) is 79.4 Å². The SMILES string of the molecule is C=CC(=O)Nc1cc(-c2cccc3cnc(Nc4ccc(N5CCN(CCO)CC5)c(F)c4)nc23)ccn1. The Morgan fingerprint density at radius 3 is 2.71 bits per heavy atom. The molecular formula is C28H28FN7O2. The number of nitrogens with zero attached hydrogens (tertiary/aromatic N) is 5. The molecule has 1 aliphatic rings. The van der Waals surface area contributed by atoms with Crippen LogP contribution < -0.4 is 15.5 Å². The quantitative estimate of drug-likeness (QED) is 0.306. The van der Waals surface area contributed by atoms with Crippen molar-refractivity contribution in [3.63, 3.8) is 0 Å². The van der Waals surface area contributed by atoms with Crippen molar-refractivity contribution in [2.24, 2.45) is 0 Å². The number of carbonyl (C=O) groups excluding carboxylic acids is 1. The fourth-order valence-electron chi connectivity index (χ4n) is 4.52. The number of piperazine rings is 1. The Morgan fingerprint density at radius 2 is 1.95 bits per heavy atom. The number of benzene rings is 2. The van der Waals surface area contributed by atoms with E-state index in [1.54, 1.807) is 24.5 Å². The summed E-state index contributed by atoms with van der Waals surface area (Å²) in [6, 6.07) is 14.4. The van der Waals surface area contributed by atoms with Crippen molar-refractivity contribution >= 4 is 40.0 Å². The second-order valence-electron chi connectivity index (χ2n) is 8.90. The highest BCUT2D eigenvalue weighted by molar-refractivity contribution is 5.99. The monoisotopic (exact) mass is 513 g/mol. The lowest BCUT2D eigenvalue weighted by Gasteiger charge is -2.36. The first kappa shape index (κ1) is 25.2. The average molecular weight is 514 g/mol. The van der Waals surface area contributed by atoms with E-state index in [0.717, 1.165) is 29.6 Å². The number of β-amino-alcohol motifs (C(OH)–C–C–N with tert-alkyl or cyclic N) is 1. The Kier molecular flexibility index (Phi) is 7.52. The Morgan fingerprint density at radius 1 is 1.11 bits per heavy atom. The van der Waals surface area contributed by atoms with Gasteiger partial charge in [0, 0.05) is 61.8 Å². The lowest BCUT2D eigenvalue weighted by atomic mass is 10.0. The molecule has 0 bridgehead atoms. The molecule has 0 unspecified atom stereocenters. The minimum absolute atomic E-state index is 0.130. The van der Waals surface area contributed by atoms with Gasteiger partial charge < -0.3 is 20.6 Å². The largest absolute Gasteiger partial charge is 0.395 e. The maximum Gasteiger partial charge on any atom is 0.248 e. The van der Waals surface area contributed by atoms with Crippen LogP contribution in [0, 0.1) is 5.82 Å². The smallest absolute Gasteiger partial charge is 0.248 e. The summed E-state index contributed by atoms with van der Waals surface area (Å²) in [6.45, 7) is 7.21. The predicted molar refractivity (Wildman–Crippen MR) is 147 cm³/mol. The molecule has 3 N–H and O–H groups in total. The summed E-state index contributed by atoms with van der Waals surface area (Å²) >= 11 is 0. The van der Waals surface area contributed by atoms with Crippen molar-refractivity contribution in [1.29, 1.82) is 0 Å². The third-order valence-corrected chi connectivity index (χ3v) is 6.45. The molecule has 194 valence electrons. The molecule has 5 rings (SSSR count). The van der Waals surface area contributed by atoms with Crippen molar-refractivity contribution in [2.75, 3.05) is 54.9 Å². The summed E-state index contributed by atoms with van der Waals surface area (Å²) in [5.41, 5.74) is 3.46. The van der Waals surface area contributed by atoms with Crippen molar-refractivity contribution in [3.8, 4) is 11.1 Å². The van der Waals surface area contributed by atoms with Gasteiger partial charge in [-0.2, -0.15) is 0 Å². The number of aromatic nitrogens is 3. The highest BCUT2D eigenvalue weighted by Crippen LogP contribution is 2.30. The van der Waals surface area contributed by atoms with Crippen LogP contribution in [0.2, 0.25) is 0 Å². The van der Waals surface area contributed by atoms with Crippen LogP contribution in [-0.2, 0) is 4.79 Å². The molecule has 3 heterocycles. The molecule has 0 spiro atoms. The molecule has 38 heavy (non-hydrogen) atoms. The molecule has 1 amide bonds. The number of para-hydroxylation sites is 1. The van der Waals surface area contributed by atoms with Crippen LogP contribution in [0.1, 0.15) is 0 Å². The van der Waals surface area contributed by atoms with Crippen LogP contribution in [0.25, 0.3) is 22.0 Å². The van der Waals surface area contributed by atoms with Crippen molar-refractivity contribution < 1.29 is 14.3 Å². The lowest BCUT2D eigenvalue weighted by Crippen LogP contribution is -2.47. The number of nitrogens with one attached hydrogen (secondary N) is 2. The number of rotatable bonds is 8. The van der Waals surface area contributed by atoms with E-state index >= 15 is 4.39 Å². The zero-order chi connectivity index (χ0) is 26.5.